The lowest BCUT2D eigenvalue weighted by atomic mass is 10.2. The highest BCUT2D eigenvalue weighted by molar-refractivity contribution is 7.92. The summed E-state index contributed by atoms with van der Waals surface area (Å²) >= 11 is 11.9. The van der Waals surface area contributed by atoms with Crippen LogP contribution in [0.15, 0.2) is 35.5 Å². The number of benzene rings is 1. The van der Waals surface area contributed by atoms with Gasteiger partial charge in [-0.15, -0.1) is 0 Å². The maximum absolute atomic E-state index is 13.5. The quantitative estimate of drug-likeness (QED) is 0.888. The first-order valence-corrected chi connectivity index (χ1v) is 7.90. The first kappa shape index (κ1) is 16.0. The van der Waals surface area contributed by atoms with Gasteiger partial charge in [-0.3, -0.25) is 9.71 Å². The minimum absolute atomic E-state index is 0.0232. The molecule has 0 atom stereocenters. The fraction of sp³-hybridized carbons (Fsp3) is 0.0833. The molecule has 0 aliphatic rings. The molecular weight excluding hydrogens is 340 g/mol. The minimum atomic E-state index is -4.08. The van der Waals surface area contributed by atoms with Gasteiger partial charge in [0.15, 0.2) is 5.82 Å². The van der Waals surface area contributed by atoms with E-state index in [1.165, 1.54) is 24.4 Å². The van der Waals surface area contributed by atoms with E-state index in [9.17, 15) is 12.8 Å². The Morgan fingerprint density at radius 1 is 1.29 bits per heavy atom. The van der Waals surface area contributed by atoms with Crippen LogP contribution in [0.3, 0.4) is 0 Å². The zero-order valence-corrected chi connectivity index (χ0v) is 12.8. The van der Waals surface area contributed by atoms with Crippen molar-refractivity contribution in [3.63, 3.8) is 0 Å². The largest absolute Gasteiger partial charge is 0.326 e. The van der Waals surface area contributed by atoms with E-state index in [4.69, 9.17) is 28.9 Å². The highest BCUT2D eigenvalue weighted by Crippen LogP contribution is 2.31. The molecule has 0 bridgehead atoms. The summed E-state index contributed by atoms with van der Waals surface area (Å²) in [7, 11) is -4.08. The number of nitrogens with one attached hydrogen (secondary N) is 1. The van der Waals surface area contributed by atoms with Crippen molar-refractivity contribution in [1.29, 1.82) is 0 Å². The summed E-state index contributed by atoms with van der Waals surface area (Å²) in [6, 6.07) is 3.79. The van der Waals surface area contributed by atoms with Crippen molar-refractivity contribution in [3.8, 4) is 0 Å². The summed E-state index contributed by atoms with van der Waals surface area (Å²) in [5.41, 5.74) is 5.56. The molecule has 0 saturated carbocycles. The molecular formula is C12H10Cl2FN3O2S. The molecule has 2 rings (SSSR count). The second-order valence-electron chi connectivity index (χ2n) is 4.00. The molecule has 0 unspecified atom stereocenters. The van der Waals surface area contributed by atoms with Crippen LogP contribution in [0.25, 0.3) is 0 Å². The summed E-state index contributed by atoms with van der Waals surface area (Å²) in [6.45, 7) is -0.0232. The molecule has 1 heterocycles. The van der Waals surface area contributed by atoms with Gasteiger partial charge in [-0.2, -0.15) is 0 Å². The number of hydrogen-bond donors (Lipinski definition) is 2. The third-order valence-electron chi connectivity index (χ3n) is 2.66. The number of anilines is 1. The zero-order chi connectivity index (χ0) is 15.6. The molecule has 0 fully saturated rings. The summed E-state index contributed by atoms with van der Waals surface area (Å²) in [5, 5.41) is 0.170. The van der Waals surface area contributed by atoms with Crippen LogP contribution in [0, 0.1) is 5.82 Å². The number of sulfonamides is 1. The maximum Gasteiger partial charge on any atom is 0.263 e. The predicted octanol–water partition coefficient (Wildman–Crippen LogP) is 2.79. The van der Waals surface area contributed by atoms with Crippen LogP contribution in [-0.2, 0) is 16.6 Å². The molecule has 0 spiro atoms. The van der Waals surface area contributed by atoms with Gasteiger partial charge in [0, 0.05) is 23.3 Å². The van der Waals surface area contributed by atoms with Crippen LogP contribution in [0.1, 0.15) is 5.56 Å². The molecule has 0 aliphatic heterocycles. The average molecular weight is 350 g/mol. The van der Waals surface area contributed by atoms with Gasteiger partial charge in [-0.1, -0.05) is 23.2 Å². The molecule has 1 aromatic heterocycles. The normalized spacial score (nSPS) is 11.4. The Kier molecular flexibility index (Phi) is 4.67. The molecule has 1 aromatic carbocycles. The Bertz CT molecular complexity index is 784. The van der Waals surface area contributed by atoms with E-state index >= 15 is 0 Å². The van der Waals surface area contributed by atoms with Gasteiger partial charge in [0.1, 0.15) is 4.90 Å². The van der Waals surface area contributed by atoms with Crippen molar-refractivity contribution < 1.29 is 12.8 Å². The van der Waals surface area contributed by atoms with Crippen LogP contribution in [0.2, 0.25) is 10.0 Å². The Morgan fingerprint density at radius 2 is 2.00 bits per heavy atom. The van der Waals surface area contributed by atoms with Crippen molar-refractivity contribution in [1.82, 2.24) is 4.98 Å². The van der Waals surface area contributed by atoms with Crippen LogP contribution >= 0.6 is 23.2 Å². The zero-order valence-electron chi connectivity index (χ0n) is 10.5. The van der Waals surface area contributed by atoms with Crippen molar-refractivity contribution in [3.05, 3.63) is 52.0 Å². The number of rotatable bonds is 4. The summed E-state index contributed by atoms with van der Waals surface area (Å²) in [6.07, 6.45) is 2.16. The molecule has 21 heavy (non-hydrogen) atoms. The van der Waals surface area contributed by atoms with Crippen LogP contribution < -0.4 is 10.5 Å². The minimum Gasteiger partial charge on any atom is -0.326 e. The number of aromatic nitrogens is 1. The molecule has 0 aliphatic carbocycles. The first-order chi connectivity index (χ1) is 9.86. The standard InChI is InChI=1S/C12H10Cl2FN3O2S/c13-8-1-2-11(12(14)7(8)5-16)21(19,20)18-10-3-4-17-6-9(10)15/h1-4,6H,5,16H2,(H,17,18). The monoisotopic (exact) mass is 349 g/mol. The van der Waals surface area contributed by atoms with E-state index < -0.39 is 15.8 Å². The molecule has 2 aromatic rings. The Morgan fingerprint density at radius 3 is 2.62 bits per heavy atom. The first-order valence-electron chi connectivity index (χ1n) is 5.66. The van der Waals surface area contributed by atoms with Gasteiger partial charge in [-0.25, -0.2) is 12.8 Å². The topological polar surface area (TPSA) is 85.1 Å². The Balaban J connectivity index is 2.48. The molecule has 9 heteroatoms. The summed E-state index contributed by atoms with van der Waals surface area (Å²) in [5.74, 6) is -0.801. The molecule has 0 amide bonds. The second kappa shape index (κ2) is 6.15. The van der Waals surface area contributed by atoms with Gasteiger partial charge in [-0.05, 0) is 18.2 Å². The third-order valence-corrected chi connectivity index (χ3v) is 4.97. The van der Waals surface area contributed by atoms with Gasteiger partial charge in [0.05, 0.1) is 16.9 Å². The van der Waals surface area contributed by atoms with E-state index in [0.29, 0.717) is 5.56 Å². The average Bonchev–Trinajstić information content (AvgIpc) is 2.41. The van der Waals surface area contributed by atoms with E-state index in [2.05, 4.69) is 9.71 Å². The third kappa shape index (κ3) is 3.26. The van der Waals surface area contributed by atoms with Crippen molar-refractivity contribution in [2.24, 2.45) is 5.73 Å². The van der Waals surface area contributed by atoms with E-state index in [-0.39, 0.29) is 27.2 Å². The summed E-state index contributed by atoms with van der Waals surface area (Å²) < 4.78 is 40.2. The summed E-state index contributed by atoms with van der Waals surface area (Å²) in [4.78, 5) is 3.30. The fourth-order valence-electron chi connectivity index (χ4n) is 1.63. The number of nitrogens with zero attached hydrogens (tertiary/aromatic N) is 1. The molecule has 3 N–H and O–H groups in total. The van der Waals surface area contributed by atoms with Crippen molar-refractivity contribution in [2.75, 3.05) is 4.72 Å². The SMILES string of the molecule is NCc1c(Cl)ccc(S(=O)(=O)Nc2ccncc2F)c1Cl. The molecule has 5 nitrogen and oxygen atoms in total. The van der Waals surface area contributed by atoms with E-state index in [1.54, 1.807) is 0 Å². The van der Waals surface area contributed by atoms with Crippen molar-refractivity contribution >= 4 is 38.9 Å². The van der Waals surface area contributed by atoms with Gasteiger partial charge >= 0.3 is 0 Å². The van der Waals surface area contributed by atoms with Crippen LogP contribution in [0.4, 0.5) is 10.1 Å². The smallest absolute Gasteiger partial charge is 0.263 e. The van der Waals surface area contributed by atoms with Gasteiger partial charge < -0.3 is 5.73 Å². The van der Waals surface area contributed by atoms with E-state index in [1.807, 2.05) is 0 Å². The lowest BCUT2D eigenvalue weighted by Crippen LogP contribution is -2.15. The molecule has 0 radical (unpaired) electrons. The predicted molar refractivity (Wildman–Crippen MR) is 79.4 cm³/mol. The number of pyridine rings is 1. The number of nitrogens with two attached hydrogens (primary N) is 1. The fourth-order valence-corrected chi connectivity index (χ4v) is 3.63. The Labute approximate surface area is 130 Å². The van der Waals surface area contributed by atoms with Crippen LogP contribution in [0.5, 0.6) is 0 Å². The number of hydrogen-bond acceptors (Lipinski definition) is 4. The Hall–Kier alpha value is -1.41. The van der Waals surface area contributed by atoms with Crippen LogP contribution in [-0.4, -0.2) is 13.4 Å². The maximum atomic E-state index is 13.5. The molecule has 112 valence electrons. The lowest BCUT2D eigenvalue weighted by molar-refractivity contribution is 0.598. The van der Waals surface area contributed by atoms with Gasteiger partial charge in [0.25, 0.3) is 10.0 Å². The van der Waals surface area contributed by atoms with Crippen molar-refractivity contribution in [2.45, 2.75) is 11.4 Å². The number of halogens is 3. The highest BCUT2D eigenvalue weighted by atomic mass is 35.5. The highest BCUT2D eigenvalue weighted by Gasteiger charge is 2.22. The lowest BCUT2D eigenvalue weighted by Gasteiger charge is -2.12. The van der Waals surface area contributed by atoms with E-state index in [0.717, 1.165) is 6.20 Å². The van der Waals surface area contributed by atoms with Gasteiger partial charge in [0.2, 0.25) is 0 Å². The molecule has 0 saturated heterocycles. The second-order valence-corrected chi connectivity index (χ2v) is 6.44.